The van der Waals surface area contributed by atoms with Gasteiger partial charge in [0.15, 0.2) is 0 Å². The number of rotatable bonds is 2. The van der Waals surface area contributed by atoms with Crippen LogP contribution in [0.5, 0.6) is 0 Å². The highest BCUT2D eigenvalue weighted by atomic mass is 16.2. The van der Waals surface area contributed by atoms with Gasteiger partial charge in [-0.25, -0.2) is 0 Å². The Kier molecular flexibility index (Phi) is 2.99. The zero-order valence-electron chi connectivity index (χ0n) is 10.3. The van der Waals surface area contributed by atoms with E-state index in [0.717, 1.165) is 18.7 Å². The van der Waals surface area contributed by atoms with E-state index in [1.165, 1.54) is 11.1 Å². The Morgan fingerprint density at radius 1 is 1.31 bits per heavy atom. The molecule has 0 saturated heterocycles. The minimum absolute atomic E-state index is 0.269. The highest BCUT2D eigenvalue weighted by molar-refractivity contribution is 5.96. The van der Waals surface area contributed by atoms with Gasteiger partial charge in [0.05, 0.1) is 0 Å². The Balaban J connectivity index is 2.36. The summed E-state index contributed by atoms with van der Waals surface area (Å²) >= 11 is 0. The lowest BCUT2D eigenvalue weighted by atomic mass is 9.98. The summed E-state index contributed by atoms with van der Waals surface area (Å²) in [5, 5.41) is 0. The first kappa shape index (κ1) is 11.2. The van der Waals surface area contributed by atoms with Crippen molar-refractivity contribution < 1.29 is 4.79 Å². The van der Waals surface area contributed by atoms with E-state index in [4.69, 9.17) is 0 Å². The first-order chi connectivity index (χ1) is 7.58. The van der Waals surface area contributed by atoms with Crippen LogP contribution in [0.2, 0.25) is 0 Å². The standard InChI is InChI=1S/C14H19NO/c1-10(2)9-15-13-6-4-11(3)8-12(13)5-7-14(15)16/h4,6,8,10H,5,7,9H2,1-3H3. The summed E-state index contributed by atoms with van der Waals surface area (Å²) in [5.41, 5.74) is 3.72. The Bertz CT molecular complexity index is 409. The van der Waals surface area contributed by atoms with Crippen molar-refractivity contribution in [2.24, 2.45) is 5.92 Å². The third-order valence-corrected chi connectivity index (χ3v) is 2.98. The molecule has 0 fully saturated rings. The largest absolute Gasteiger partial charge is 0.312 e. The number of carbonyl (C=O) groups is 1. The van der Waals surface area contributed by atoms with E-state index in [1.54, 1.807) is 0 Å². The van der Waals surface area contributed by atoms with Gasteiger partial charge in [0.1, 0.15) is 0 Å². The Hall–Kier alpha value is -1.31. The van der Waals surface area contributed by atoms with Gasteiger partial charge in [-0.2, -0.15) is 0 Å². The van der Waals surface area contributed by atoms with E-state index >= 15 is 0 Å². The molecule has 0 aromatic heterocycles. The van der Waals surface area contributed by atoms with Crippen LogP contribution in [0.4, 0.5) is 5.69 Å². The second kappa shape index (κ2) is 4.28. The van der Waals surface area contributed by atoms with Crippen LogP contribution in [0.25, 0.3) is 0 Å². The van der Waals surface area contributed by atoms with Crippen molar-refractivity contribution in [1.82, 2.24) is 0 Å². The molecule has 1 amide bonds. The molecular formula is C14H19NO. The van der Waals surface area contributed by atoms with E-state index in [-0.39, 0.29) is 5.91 Å². The van der Waals surface area contributed by atoms with E-state index in [9.17, 15) is 4.79 Å². The molecule has 0 bridgehead atoms. The van der Waals surface area contributed by atoms with Crippen LogP contribution in [0.15, 0.2) is 18.2 Å². The highest BCUT2D eigenvalue weighted by Crippen LogP contribution is 2.29. The number of nitrogens with zero attached hydrogens (tertiary/aromatic N) is 1. The Morgan fingerprint density at radius 3 is 2.75 bits per heavy atom. The lowest BCUT2D eigenvalue weighted by Crippen LogP contribution is -2.37. The molecule has 1 aromatic rings. The SMILES string of the molecule is Cc1ccc2c(c1)CCC(=O)N2CC(C)C. The monoisotopic (exact) mass is 217 g/mol. The summed E-state index contributed by atoms with van der Waals surface area (Å²) < 4.78 is 0. The molecule has 0 saturated carbocycles. The third-order valence-electron chi connectivity index (χ3n) is 2.98. The van der Waals surface area contributed by atoms with Crippen molar-refractivity contribution in [3.63, 3.8) is 0 Å². The molecule has 0 atom stereocenters. The molecule has 1 heterocycles. The number of anilines is 1. The quantitative estimate of drug-likeness (QED) is 0.746. The summed E-state index contributed by atoms with van der Waals surface area (Å²) in [4.78, 5) is 13.9. The molecule has 0 radical (unpaired) electrons. The zero-order chi connectivity index (χ0) is 11.7. The van der Waals surface area contributed by atoms with Gasteiger partial charge in [-0.1, -0.05) is 31.5 Å². The second-order valence-corrected chi connectivity index (χ2v) is 5.03. The minimum atomic E-state index is 0.269. The van der Waals surface area contributed by atoms with Gasteiger partial charge < -0.3 is 4.90 Å². The van der Waals surface area contributed by atoms with E-state index in [0.29, 0.717) is 12.3 Å². The number of amides is 1. The molecule has 2 heteroatoms. The van der Waals surface area contributed by atoms with Crippen LogP contribution in [0.3, 0.4) is 0 Å². The van der Waals surface area contributed by atoms with E-state index in [2.05, 4.69) is 39.0 Å². The third kappa shape index (κ3) is 2.11. The fourth-order valence-electron chi connectivity index (χ4n) is 2.25. The molecule has 0 unspecified atom stereocenters. The Morgan fingerprint density at radius 2 is 2.06 bits per heavy atom. The van der Waals surface area contributed by atoms with Crippen LogP contribution in [-0.2, 0) is 11.2 Å². The molecular weight excluding hydrogens is 198 g/mol. The topological polar surface area (TPSA) is 20.3 Å². The van der Waals surface area contributed by atoms with E-state index in [1.807, 2.05) is 4.90 Å². The fourth-order valence-corrected chi connectivity index (χ4v) is 2.25. The minimum Gasteiger partial charge on any atom is -0.312 e. The maximum absolute atomic E-state index is 11.9. The second-order valence-electron chi connectivity index (χ2n) is 5.03. The lowest BCUT2D eigenvalue weighted by molar-refractivity contribution is -0.119. The van der Waals surface area contributed by atoms with Crippen LogP contribution >= 0.6 is 0 Å². The molecule has 0 aliphatic carbocycles. The molecule has 0 N–H and O–H groups in total. The number of benzene rings is 1. The summed E-state index contributed by atoms with van der Waals surface area (Å²) in [6.45, 7) is 7.23. The molecule has 2 rings (SSSR count). The van der Waals surface area contributed by atoms with E-state index < -0.39 is 0 Å². The predicted octanol–water partition coefficient (Wildman–Crippen LogP) is 2.93. The van der Waals surface area contributed by atoms with Crippen LogP contribution < -0.4 is 4.90 Å². The maximum atomic E-state index is 11.9. The van der Waals surface area contributed by atoms with Crippen molar-refractivity contribution in [3.05, 3.63) is 29.3 Å². The van der Waals surface area contributed by atoms with Gasteiger partial charge in [0.25, 0.3) is 0 Å². The van der Waals surface area contributed by atoms with Crippen molar-refractivity contribution >= 4 is 11.6 Å². The average Bonchev–Trinajstić information content (AvgIpc) is 2.22. The molecule has 86 valence electrons. The molecule has 1 aliphatic rings. The highest BCUT2D eigenvalue weighted by Gasteiger charge is 2.24. The normalized spacial score (nSPS) is 15.5. The van der Waals surface area contributed by atoms with Crippen molar-refractivity contribution in [2.45, 2.75) is 33.6 Å². The van der Waals surface area contributed by atoms with Crippen molar-refractivity contribution in [1.29, 1.82) is 0 Å². The number of hydrogen-bond acceptors (Lipinski definition) is 1. The van der Waals surface area contributed by atoms with Crippen LogP contribution in [0, 0.1) is 12.8 Å². The summed E-state index contributed by atoms with van der Waals surface area (Å²) in [7, 11) is 0. The smallest absolute Gasteiger partial charge is 0.227 e. The van der Waals surface area contributed by atoms with Gasteiger partial charge in [0, 0.05) is 18.7 Å². The maximum Gasteiger partial charge on any atom is 0.227 e. The molecule has 1 aromatic carbocycles. The number of hydrogen-bond donors (Lipinski definition) is 0. The van der Waals surface area contributed by atoms with Gasteiger partial charge in [-0.15, -0.1) is 0 Å². The van der Waals surface area contributed by atoms with Gasteiger partial charge in [-0.3, -0.25) is 4.79 Å². The Labute approximate surface area is 97.3 Å². The molecule has 0 spiro atoms. The van der Waals surface area contributed by atoms with Gasteiger partial charge >= 0.3 is 0 Å². The van der Waals surface area contributed by atoms with Crippen LogP contribution in [0.1, 0.15) is 31.4 Å². The predicted molar refractivity (Wildman–Crippen MR) is 66.7 cm³/mol. The van der Waals surface area contributed by atoms with Crippen molar-refractivity contribution in [2.75, 3.05) is 11.4 Å². The average molecular weight is 217 g/mol. The van der Waals surface area contributed by atoms with Crippen molar-refractivity contribution in [3.8, 4) is 0 Å². The lowest BCUT2D eigenvalue weighted by Gasteiger charge is -2.31. The first-order valence-electron chi connectivity index (χ1n) is 5.98. The zero-order valence-corrected chi connectivity index (χ0v) is 10.3. The summed E-state index contributed by atoms with van der Waals surface area (Å²) in [6, 6.07) is 6.38. The van der Waals surface area contributed by atoms with Gasteiger partial charge in [-0.05, 0) is 30.9 Å². The van der Waals surface area contributed by atoms with Gasteiger partial charge in [0.2, 0.25) is 5.91 Å². The molecule has 1 aliphatic heterocycles. The molecule has 16 heavy (non-hydrogen) atoms. The van der Waals surface area contributed by atoms with Crippen LogP contribution in [-0.4, -0.2) is 12.5 Å². The summed E-state index contributed by atoms with van der Waals surface area (Å²) in [5.74, 6) is 0.779. The molecule has 2 nitrogen and oxygen atoms in total. The fraction of sp³-hybridized carbons (Fsp3) is 0.500. The number of carbonyl (C=O) groups excluding carboxylic acids is 1. The first-order valence-corrected chi connectivity index (χ1v) is 5.98. The number of fused-ring (bicyclic) bond motifs is 1. The summed E-state index contributed by atoms with van der Waals surface area (Å²) in [6.07, 6.45) is 1.55. The number of aryl methyl sites for hydroxylation is 2.